The first-order chi connectivity index (χ1) is 13.9. The second kappa shape index (κ2) is 11.3. The Morgan fingerprint density at radius 3 is 2.52 bits per heavy atom. The number of likely N-dealkylation sites (tertiary alicyclic amines) is 1. The van der Waals surface area contributed by atoms with Crippen LogP contribution in [0.15, 0.2) is 65.5 Å². The van der Waals surface area contributed by atoms with Crippen molar-refractivity contribution in [2.45, 2.75) is 25.9 Å². The highest BCUT2D eigenvalue weighted by Gasteiger charge is 2.36. The second-order valence-electron chi connectivity index (χ2n) is 6.83. The SMILES string of the molecule is CNc1ccccc1NCC=N/C(C)=C/C(C=C/C=C/N1CCCC1)C(F)(F)F. The number of nitrogens with one attached hydrogen (secondary N) is 2. The molecule has 1 aliphatic rings. The number of anilines is 2. The molecule has 7 heteroatoms. The third-order valence-corrected chi connectivity index (χ3v) is 4.54. The van der Waals surface area contributed by atoms with E-state index in [1.165, 1.54) is 6.08 Å². The van der Waals surface area contributed by atoms with E-state index in [2.05, 4.69) is 20.5 Å². The molecule has 4 nitrogen and oxygen atoms in total. The van der Waals surface area contributed by atoms with Gasteiger partial charge >= 0.3 is 6.18 Å². The largest absolute Gasteiger partial charge is 0.398 e. The quantitative estimate of drug-likeness (QED) is 0.423. The van der Waals surface area contributed by atoms with E-state index in [9.17, 15) is 13.2 Å². The molecule has 1 atom stereocenters. The lowest BCUT2D eigenvalue weighted by molar-refractivity contribution is -0.149. The molecule has 0 aliphatic carbocycles. The second-order valence-corrected chi connectivity index (χ2v) is 6.83. The van der Waals surface area contributed by atoms with Crippen molar-refractivity contribution < 1.29 is 13.2 Å². The van der Waals surface area contributed by atoms with Gasteiger partial charge < -0.3 is 15.5 Å². The van der Waals surface area contributed by atoms with Crippen LogP contribution in [0.25, 0.3) is 0 Å². The number of alkyl halides is 3. The van der Waals surface area contributed by atoms with E-state index >= 15 is 0 Å². The molecule has 2 N–H and O–H groups in total. The van der Waals surface area contributed by atoms with Gasteiger partial charge in [-0.15, -0.1) is 0 Å². The van der Waals surface area contributed by atoms with E-state index in [1.54, 1.807) is 19.2 Å². The number of para-hydroxylation sites is 2. The van der Waals surface area contributed by atoms with E-state index in [-0.39, 0.29) is 0 Å². The Labute approximate surface area is 170 Å². The van der Waals surface area contributed by atoms with E-state index < -0.39 is 12.1 Å². The van der Waals surface area contributed by atoms with Crippen molar-refractivity contribution in [1.82, 2.24) is 4.90 Å². The maximum Gasteiger partial charge on any atom is 0.398 e. The molecule has 0 aromatic heterocycles. The number of nitrogens with zero attached hydrogens (tertiary/aromatic N) is 2. The van der Waals surface area contributed by atoms with Gasteiger partial charge in [-0.25, -0.2) is 0 Å². The maximum absolute atomic E-state index is 13.3. The molecule has 1 heterocycles. The van der Waals surface area contributed by atoms with Crippen molar-refractivity contribution in [1.29, 1.82) is 0 Å². The van der Waals surface area contributed by atoms with Crippen LogP contribution in [0.2, 0.25) is 0 Å². The lowest BCUT2D eigenvalue weighted by Crippen LogP contribution is -2.19. The fourth-order valence-electron chi connectivity index (χ4n) is 3.01. The van der Waals surface area contributed by atoms with Crippen LogP contribution in [-0.4, -0.2) is 44.0 Å². The molecule has 1 aromatic carbocycles. The standard InChI is InChI=1S/C22H29F3N4/c1-18(27-12-13-28-21-11-4-3-10-20(21)26-2)17-19(22(23,24)25)9-5-6-14-29-15-7-8-16-29/h3-6,9-12,14,17,19,26,28H,7-8,13,15-16H2,1-2H3/b9-5?,14-6+,18-17+,27-12?. The maximum atomic E-state index is 13.3. The minimum Gasteiger partial charge on any atom is -0.386 e. The average molecular weight is 406 g/mol. The molecule has 1 aliphatic heterocycles. The molecule has 0 spiro atoms. The Kier molecular flexibility index (Phi) is 8.83. The first kappa shape index (κ1) is 22.6. The lowest BCUT2D eigenvalue weighted by Gasteiger charge is -2.13. The summed E-state index contributed by atoms with van der Waals surface area (Å²) in [7, 11) is 1.83. The first-order valence-electron chi connectivity index (χ1n) is 9.77. The summed E-state index contributed by atoms with van der Waals surface area (Å²) in [6, 6.07) is 7.68. The topological polar surface area (TPSA) is 39.7 Å². The Balaban J connectivity index is 1.92. The zero-order chi connectivity index (χ0) is 21.1. The van der Waals surface area contributed by atoms with Gasteiger partial charge in [0.25, 0.3) is 0 Å². The zero-order valence-corrected chi connectivity index (χ0v) is 16.9. The number of allylic oxidation sites excluding steroid dienone is 5. The van der Waals surface area contributed by atoms with E-state index in [4.69, 9.17) is 0 Å². The number of benzene rings is 1. The molecular weight excluding hydrogens is 377 g/mol. The van der Waals surface area contributed by atoms with Crippen molar-refractivity contribution in [3.8, 4) is 0 Å². The molecule has 0 saturated carbocycles. The third-order valence-electron chi connectivity index (χ3n) is 4.54. The van der Waals surface area contributed by atoms with Crippen molar-refractivity contribution in [2.75, 3.05) is 37.3 Å². The van der Waals surface area contributed by atoms with Crippen LogP contribution in [0, 0.1) is 5.92 Å². The fourth-order valence-corrected chi connectivity index (χ4v) is 3.01. The molecule has 0 bridgehead atoms. The summed E-state index contributed by atoms with van der Waals surface area (Å²) in [6.45, 7) is 3.92. The normalized spacial score (nSPS) is 17.0. The molecule has 1 aromatic rings. The summed E-state index contributed by atoms with van der Waals surface area (Å²) in [5.74, 6) is -1.67. The van der Waals surface area contributed by atoms with Crippen molar-refractivity contribution in [3.05, 3.63) is 60.5 Å². The van der Waals surface area contributed by atoms with Gasteiger partial charge in [-0.3, -0.25) is 4.99 Å². The minimum absolute atomic E-state index is 0.323. The van der Waals surface area contributed by atoms with Crippen LogP contribution >= 0.6 is 0 Å². The number of rotatable bonds is 9. The van der Waals surface area contributed by atoms with Gasteiger partial charge in [-0.2, -0.15) is 13.2 Å². The molecule has 1 saturated heterocycles. The van der Waals surface area contributed by atoms with Gasteiger partial charge in [-0.1, -0.05) is 24.3 Å². The Morgan fingerprint density at radius 1 is 1.17 bits per heavy atom. The minimum atomic E-state index is -4.35. The fraction of sp³-hybridized carbons (Fsp3) is 0.409. The van der Waals surface area contributed by atoms with Crippen molar-refractivity contribution in [3.63, 3.8) is 0 Å². The Morgan fingerprint density at radius 2 is 1.86 bits per heavy atom. The summed E-state index contributed by atoms with van der Waals surface area (Å²) in [5, 5.41) is 6.25. The molecular formula is C22H29F3N4. The van der Waals surface area contributed by atoms with Gasteiger partial charge in [-0.05, 0) is 50.3 Å². The van der Waals surface area contributed by atoms with Gasteiger partial charge in [0.15, 0.2) is 0 Å². The summed E-state index contributed by atoms with van der Waals surface area (Å²) in [5.41, 5.74) is 2.17. The molecule has 29 heavy (non-hydrogen) atoms. The van der Waals surface area contributed by atoms with E-state index in [0.29, 0.717) is 12.2 Å². The molecule has 1 unspecified atom stereocenters. The van der Waals surface area contributed by atoms with Crippen LogP contribution in [0.4, 0.5) is 24.5 Å². The first-order valence-corrected chi connectivity index (χ1v) is 9.77. The van der Waals surface area contributed by atoms with E-state index in [1.807, 2.05) is 37.5 Å². The predicted octanol–water partition coefficient (Wildman–Crippen LogP) is 5.46. The monoisotopic (exact) mass is 406 g/mol. The summed E-state index contributed by atoms with van der Waals surface area (Å²) in [4.78, 5) is 6.24. The number of hydrogen-bond acceptors (Lipinski definition) is 4. The number of aliphatic imine (C=N–C) groups is 1. The van der Waals surface area contributed by atoms with Gasteiger partial charge in [0, 0.05) is 32.0 Å². The molecule has 0 radical (unpaired) electrons. The summed E-state index contributed by atoms with van der Waals surface area (Å²) in [6.07, 6.45) is 6.76. The van der Waals surface area contributed by atoms with Crippen LogP contribution in [0.1, 0.15) is 19.8 Å². The third kappa shape index (κ3) is 8.05. The van der Waals surface area contributed by atoms with Crippen LogP contribution < -0.4 is 10.6 Å². The van der Waals surface area contributed by atoms with Gasteiger partial charge in [0.1, 0.15) is 0 Å². The van der Waals surface area contributed by atoms with Crippen molar-refractivity contribution in [2.24, 2.45) is 10.9 Å². The molecule has 158 valence electrons. The summed E-state index contributed by atoms with van der Waals surface area (Å²) >= 11 is 0. The van der Waals surface area contributed by atoms with Gasteiger partial charge in [0.05, 0.1) is 23.8 Å². The average Bonchev–Trinajstić information content (AvgIpc) is 3.20. The highest BCUT2D eigenvalue weighted by atomic mass is 19.4. The number of hydrogen-bond donors (Lipinski definition) is 2. The Hall–Kier alpha value is -2.70. The van der Waals surface area contributed by atoms with Gasteiger partial charge in [0.2, 0.25) is 0 Å². The van der Waals surface area contributed by atoms with Crippen LogP contribution in [-0.2, 0) is 0 Å². The predicted molar refractivity (Wildman–Crippen MR) is 115 cm³/mol. The smallest absolute Gasteiger partial charge is 0.386 e. The lowest BCUT2D eigenvalue weighted by atomic mass is 10.1. The highest BCUT2D eigenvalue weighted by Crippen LogP contribution is 2.29. The van der Waals surface area contributed by atoms with Crippen molar-refractivity contribution >= 4 is 17.6 Å². The molecule has 0 amide bonds. The highest BCUT2D eigenvalue weighted by molar-refractivity contribution is 5.73. The molecule has 1 fully saturated rings. The zero-order valence-electron chi connectivity index (χ0n) is 16.9. The van der Waals surface area contributed by atoms with E-state index in [0.717, 1.165) is 49.5 Å². The number of halogens is 3. The summed E-state index contributed by atoms with van der Waals surface area (Å²) < 4.78 is 39.9. The molecule has 2 rings (SSSR count). The van der Waals surface area contributed by atoms with Crippen LogP contribution in [0.3, 0.4) is 0 Å². The van der Waals surface area contributed by atoms with Crippen LogP contribution in [0.5, 0.6) is 0 Å². The Bertz CT molecular complexity index is 745.